The van der Waals surface area contributed by atoms with Crippen LogP contribution in [-0.4, -0.2) is 40.1 Å². The number of para-hydroxylation sites is 2. The summed E-state index contributed by atoms with van der Waals surface area (Å²) in [6, 6.07) is 14.7. The Labute approximate surface area is 198 Å². The van der Waals surface area contributed by atoms with Gasteiger partial charge in [-0.25, -0.2) is 0 Å². The van der Waals surface area contributed by atoms with Crippen molar-refractivity contribution in [2.45, 2.75) is 31.7 Å². The number of aromatic nitrogens is 3. The molecule has 1 N–H and O–H groups in total. The number of methoxy groups -OCH3 is 1. The van der Waals surface area contributed by atoms with Gasteiger partial charge >= 0.3 is 0 Å². The highest BCUT2D eigenvalue weighted by molar-refractivity contribution is 7.99. The molecule has 2 aromatic carbocycles. The zero-order chi connectivity index (χ0) is 23.6. The number of allylic oxidation sites excluding steroid dienone is 1. The summed E-state index contributed by atoms with van der Waals surface area (Å²) in [5.41, 5.74) is 0.638. The second-order valence-corrected chi connectivity index (χ2v) is 7.89. The molecule has 9 heteroatoms. The van der Waals surface area contributed by atoms with E-state index in [9.17, 15) is 4.79 Å². The van der Waals surface area contributed by atoms with Crippen molar-refractivity contribution in [3.63, 3.8) is 0 Å². The van der Waals surface area contributed by atoms with Gasteiger partial charge < -0.3 is 19.5 Å². The van der Waals surface area contributed by atoms with E-state index < -0.39 is 0 Å². The first-order valence-electron chi connectivity index (χ1n) is 10.5. The summed E-state index contributed by atoms with van der Waals surface area (Å²) >= 11 is 1.30. The molecule has 0 fully saturated rings. The number of nitrogens with one attached hydrogen (secondary N) is 1. The molecule has 0 aliphatic heterocycles. The van der Waals surface area contributed by atoms with Gasteiger partial charge in [0, 0.05) is 12.6 Å². The van der Waals surface area contributed by atoms with Crippen LogP contribution in [0.15, 0.2) is 66.3 Å². The van der Waals surface area contributed by atoms with Crippen molar-refractivity contribution in [3.8, 4) is 17.2 Å². The monoisotopic (exact) mass is 468 g/mol. The van der Waals surface area contributed by atoms with Crippen LogP contribution in [0.5, 0.6) is 17.2 Å². The van der Waals surface area contributed by atoms with Gasteiger partial charge in [-0.15, -0.1) is 16.8 Å². The third kappa shape index (κ3) is 6.52. The average molecular weight is 469 g/mol. The second-order valence-electron chi connectivity index (χ2n) is 6.95. The average Bonchev–Trinajstić information content (AvgIpc) is 3.22. The van der Waals surface area contributed by atoms with Gasteiger partial charge in [-0.1, -0.05) is 36.0 Å². The second kappa shape index (κ2) is 12.0. The summed E-state index contributed by atoms with van der Waals surface area (Å²) < 4.78 is 18.8. The Bertz CT molecular complexity index is 1090. The SMILES string of the molecule is C=CCn1c(SCC(=O)Nc2ccccc2OCC)nnc1C(C)Oc1cccc(OC)c1. The number of carbonyl (C=O) groups is 1. The summed E-state index contributed by atoms with van der Waals surface area (Å²) in [5, 5.41) is 12.1. The van der Waals surface area contributed by atoms with E-state index in [0.29, 0.717) is 47.1 Å². The van der Waals surface area contributed by atoms with Crippen molar-refractivity contribution in [3.05, 3.63) is 67.0 Å². The van der Waals surface area contributed by atoms with E-state index in [-0.39, 0.29) is 17.8 Å². The highest BCUT2D eigenvalue weighted by Gasteiger charge is 2.20. The lowest BCUT2D eigenvalue weighted by molar-refractivity contribution is -0.113. The molecule has 1 atom stereocenters. The molecule has 174 valence electrons. The topological polar surface area (TPSA) is 87.5 Å². The number of benzene rings is 2. The molecule has 3 aromatic rings. The van der Waals surface area contributed by atoms with Crippen LogP contribution in [0.1, 0.15) is 25.8 Å². The van der Waals surface area contributed by atoms with E-state index in [2.05, 4.69) is 22.1 Å². The van der Waals surface area contributed by atoms with E-state index in [1.165, 1.54) is 11.8 Å². The molecule has 8 nitrogen and oxygen atoms in total. The van der Waals surface area contributed by atoms with Crippen molar-refractivity contribution < 1.29 is 19.0 Å². The summed E-state index contributed by atoms with van der Waals surface area (Å²) in [6.07, 6.45) is 1.39. The zero-order valence-corrected chi connectivity index (χ0v) is 19.8. The first-order valence-corrected chi connectivity index (χ1v) is 11.5. The number of ether oxygens (including phenoxy) is 3. The van der Waals surface area contributed by atoms with Gasteiger partial charge in [0.2, 0.25) is 5.91 Å². The Morgan fingerprint density at radius 3 is 2.76 bits per heavy atom. The number of rotatable bonds is 12. The van der Waals surface area contributed by atoms with Gasteiger partial charge in [0.25, 0.3) is 0 Å². The predicted octanol–water partition coefficient (Wildman–Crippen LogP) is 4.74. The molecular formula is C24H28N4O4S. The number of thioether (sulfide) groups is 1. The number of hydrogen-bond acceptors (Lipinski definition) is 7. The van der Waals surface area contributed by atoms with Gasteiger partial charge in [-0.2, -0.15) is 0 Å². The molecular weight excluding hydrogens is 440 g/mol. The number of anilines is 1. The normalized spacial score (nSPS) is 11.5. The van der Waals surface area contributed by atoms with Gasteiger partial charge in [-0.3, -0.25) is 9.36 Å². The van der Waals surface area contributed by atoms with E-state index in [0.717, 1.165) is 0 Å². The van der Waals surface area contributed by atoms with E-state index in [1.807, 2.05) is 66.9 Å². The molecule has 0 aliphatic rings. The summed E-state index contributed by atoms with van der Waals surface area (Å²) in [6.45, 7) is 8.63. The van der Waals surface area contributed by atoms with Crippen LogP contribution in [0.2, 0.25) is 0 Å². The van der Waals surface area contributed by atoms with Crippen molar-refractivity contribution in [2.24, 2.45) is 0 Å². The molecule has 0 saturated heterocycles. The maximum Gasteiger partial charge on any atom is 0.234 e. The standard InChI is InChI=1S/C24H28N4O4S/c1-5-14-28-23(17(3)32-19-11-9-10-18(15-19)30-4)26-27-24(28)33-16-22(29)25-20-12-7-8-13-21(20)31-6-2/h5,7-13,15,17H,1,6,14,16H2,2-4H3,(H,25,29). The molecule has 0 aliphatic carbocycles. The minimum absolute atomic E-state index is 0.164. The smallest absolute Gasteiger partial charge is 0.234 e. The lowest BCUT2D eigenvalue weighted by atomic mass is 10.3. The largest absolute Gasteiger partial charge is 0.497 e. The van der Waals surface area contributed by atoms with Crippen LogP contribution < -0.4 is 19.5 Å². The molecule has 0 radical (unpaired) electrons. The Morgan fingerprint density at radius 1 is 1.21 bits per heavy atom. The maximum atomic E-state index is 12.6. The number of amides is 1. The summed E-state index contributed by atoms with van der Waals surface area (Å²) in [7, 11) is 1.61. The van der Waals surface area contributed by atoms with E-state index in [1.54, 1.807) is 13.2 Å². The van der Waals surface area contributed by atoms with Gasteiger partial charge in [0.15, 0.2) is 17.1 Å². The van der Waals surface area contributed by atoms with Crippen molar-refractivity contribution in [1.82, 2.24) is 14.8 Å². The molecule has 3 rings (SSSR count). The summed E-state index contributed by atoms with van der Waals surface area (Å²) in [5.74, 6) is 2.65. The molecule has 33 heavy (non-hydrogen) atoms. The number of carbonyl (C=O) groups excluding carboxylic acids is 1. The minimum atomic E-state index is -0.370. The lowest BCUT2D eigenvalue weighted by Crippen LogP contribution is -2.16. The van der Waals surface area contributed by atoms with E-state index in [4.69, 9.17) is 14.2 Å². The van der Waals surface area contributed by atoms with Crippen LogP contribution in [0.3, 0.4) is 0 Å². The van der Waals surface area contributed by atoms with Gasteiger partial charge in [-0.05, 0) is 38.1 Å². The third-order valence-electron chi connectivity index (χ3n) is 4.57. The molecule has 0 saturated carbocycles. The number of nitrogens with zero attached hydrogens (tertiary/aromatic N) is 3. The van der Waals surface area contributed by atoms with Gasteiger partial charge in [0.1, 0.15) is 17.2 Å². The minimum Gasteiger partial charge on any atom is -0.497 e. The zero-order valence-electron chi connectivity index (χ0n) is 19.0. The van der Waals surface area contributed by atoms with Crippen molar-refractivity contribution in [1.29, 1.82) is 0 Å². The number of hydrogen-bond donors (Lipinski definition) is 1. The Kier molecular flexibility index (Phi) is 8.77. The molecule has 0 spiro atoms. The molecule has 1 unspecified atom stereocenters. The fourth-order valence-electron chi connectivity index (χ4n) is 3.11. The fraction of sp³-hybridized carbons (Fsp3) is 0.292. The molecule has 1 heterocycles. The third-order valence-corrected chi connectivity index (χ3v) is 5.53. The molecule has 1 amide bonds. The molecule has 0 bridgehead atoms. The fourth-order valence-corrected chi connectivity index (χ4v) is 3.86. The highest BCUT2D eigenvalue weighted by Crippen LogP contribution is 2.28. The lowest BCUT2D eigenvalue weighted by Gasteiger charge is -2.16. The van der Waals surface area contributed by atoms with Crippen molar-refractivity contribution in [2.75, 3.05) is 24.8 Å². The van der Waals surface area contributed by atoms with E-state index >= 15 is 0 Å². The maximum absolute atomic E-state index is 12.6. The molecule has 1 aromatic heterocycles. The Morgan fingerprint density at radius 2 is 2.00 bits per heavy atom. The first kappa shape index (κ1) is 24.2. The highest BCUT2D eigenvalue weighted by atomic mass is 32.2. The van der Waals surface area contributed by atoms with Crippen LogP contribution >= 0.6 is 11.8 Å². The van der Waals surface area contributed by atoms with Crippen LogP contribution in [0.25, 0.3) is 0 Å². The quantitative estimate of drug-likeness (QED) is 0.303. The first-order chi connectivity index (χ1) is 16.0. The van der Waals surface area contributed by atoms with Crippen LogP contribution in [-0.2, 0) is 11.3 Å². The summed E-state index contributed by atoms with van der Waals surface area (Å²) in [4.78, 5) is 12.6. The van der Waals surface area contributed by atoms with Gasteiger partial charge in [0.05, 0.1) is 25.2 Å². The van der Waals surface area contributed by atoms with Crippen LogP contribution in [0.4, 0.5) is 5.69 Å². The Balaban J connectivity index is 1.67. The Hall–Kier alpha value is -3.46. The van der Waals surface area contributed by atoms with Crippen molar-refractivity contribution >= 4 is 23.4 Å². The van der Waals surface area contributed by atoms with Crippen LogP contribution in [0, 0.1) is 0 Å². The predicted molar refractivity (Wildman–Crippen MR) is 129 cm³/mol.